The first kappa shape index (κ1) is 20.2. The van der Waals surface area contributed by atoms with Gasteiger partial charge in [-0.1, -0.05) is 11.6 Å². The lowest BCUT2D eigenvalue weighted by Crippen LogP contribution is -2.27. The van der Waals surface area contributed by atoms with Gasteiger partial charge in [-0.25, -0.2) is 0 Å². The highest BCUT2D eigenvalue weighted by Crippen LogP contribution is 2.34. The van der Waals surface area contributed by atoms with E-state index >= 15 is 0 Å². The van der Waals surface area contributed by atoms with Crippen molar-refractivity contribution >= 4 is 35.7 Å². The maximum atomic E-state index is 12.7. The van der Waals surface area contributed by atoms with E-state index in [0.29, 0.717) is 13.1 Å². The van der Waals surface area contributed by atoms with Gasteiger partial charge in [0, 0.05) is 19.3 Å². The van der Waals surface area contributed by atoms with Crippen LogP contribution in [-0.2, 0) is 19.3 Å². The van der Waals surface area contributed by atoms with Crippen LogP contribution in [0.5, 0.6) is 5.88 Å². The molecule has 0 aliphatic heterocycles. The number of rotatable bonds is 4. The average Bonchev–Trinajstić information content (AvgIpc) is 2.55. The predicted molar refractivity (Wildman–Crippen MR) is 96.2 cm³/mol. The number of nitrogens with zero attached hydrogens (tertiary/aromatic N) is 3. The van der Waals surface area contributed by atoms with E-state index in [-0.39, 0.29) is 26.9 Å². The van der Waals surface area contributed by atoms with Crippen molar-refractivity contribution in [1.82, 2.24) is 9.13 Å². The minimum Gasteiger partial charge on any atom is -0.494 e. The van der Waals surface area contributed by atoms with Crippen molar-refractivity contribution in [3.63, 3.8) is 0 Å². The summed E-state index contributed by atoms with van der Waals surface area (Å²) in [5, 5.41) is 10.1. The Bertz CT molecular complexity index is 980. The number of halogens is 4. The zero-order chi connectivity index (χ0) is 19.6. The zero-order valence-corrected chi connectivity index (χ0v) is 15.4. The van der Waals surface area contributed by atoms with Gasteiger partial charge in [-0.2, -0.15) is 13.2 Å². The minimum absolute atomic E-state index is 0.0343. The van der Waals surface area contributed by atoms with Crippen molar-refractivity contribution in [3.05, 3.63) is 49.5 Å². The fourth-order valence-corrected chi connectivity index (χ4v) is 2.97. The van der Waals surface area contributed by atoms with E-state index in [9.17, 15) is 23.1 Å². The Morgan fingerprint density at radius 1 is 1.27 bits per heavy atom. The minimum atomic E-state index is -4.52. The maximum Gasteiger partial charge on any atom is 0.416 e. The lowest BCUT2D eigenvalue weighted by atomic mass is 10.2. The number of benzene rings is 1. The van der Waals surface area contributed by atoms with Gasteiger partial charge in [0.2, 0.25) is 5.88 Å². The van der Waals surface area contributed by atoms with Crippen LogP contribution in [0.1, 0.15) is 25.0 Å². The van der Waals surface area contributed by atoms with Crippen LogP contribution in [0.3, 0.4) is 0 Å². The first-order valence-electron chi connectivity index (χ1n) is 7.59. The highest BCUT2D eigenvalue weighted by Gasteiger charge is 2.30. The van der Waals surface area contributed by atoms with E-state index < -0.39 is 17.3 Å². The summed E-state index contributed by atoms with van der Waals surface area (Å²) in [4.78, 5) is 16.4. The zero-order valence-electron chi connectivity index (χ0n) is 13.8. The Kier molecular flexibility index (Phi) is 5.92. The molecule has 0 saturated carbocycles. The molecule has 0 spiro atoms. The Balaban J connectivity index is 2.56. The summed E-state index contributed by atoms with van der Waals surface area (Å²) in [6, 6.07) is 2.67. The first-order valence-corrected chi connectivity index (χ1v) is 8.37. The number of hydrogen-bond donors (Lipinski definition) is 1. The number of alkyl halides is 3. The summed E-state index contributed by atoms with van der Waals surface area (Å²) in [5.74, 6) is -0.362. The molecule has 0 aliphatic carbocycles. The maximum absolute atomic E-state index is 12.7. The third kappa shape index (κ3) is 3.83. The van der Waals surface area contributed by atoms with Crippen molar-refractivity contribution in [1.29, 1.82) is 0 Å². The van der Waals surface area contributed by atoms with Crippen molar-refractivity contribution in [2.75, 3.05) is 0 Å². The number of aromatic hydroxyl groups is 1. The molecule has 140 valence electrons. The molecule has 1 aromatic carbocycles. The standard InChI is InChI=1S/C16H15ClF3N3O2S/c1-3-22-13(24)10(14(25)23(4-2)15(22)26)8-21-12-6-5-9(7-11(12)17)16(18,19)20/h5-8,24H,3-4H2,1-2H3. The van der Waals surface area contributed by atoms with Gasteiger partial charge in [0.25, 0.3) is 5.56 Å². The van der Waals surface area contributed by atoms with Gasteiger partial charge in [0.1, 0.15) is 5.56 Å². The summed E-state index contributed by atoms with van der Waals surface area (Å²) < 4.78 is 40.8. The van der Waals surface area contributed by atoms with Gasteiger partial charge in [0.15, 0.2) is 4.77 Å². The largest absolute Gasteiger partial charge is 0.494 e. The summed E-state index contributed by atoms with van der Waals surface area (Å²) in [6.45, 7) is 4.09. The Morgan fingerprint density at radius 2 is 1.88 bits per heavy atom. The van der Waals surface area contributed by atoms with Crippen molar-refractivity contribution in [2.24, 2.45) is 4.99 Å². The smallest absolute Gasteiger partial charge is 0.416 e. The monoisotopic (exact) mass is 405 g/mol. The Labute approximate surface area is 157 Å². The van der Waals surface area contributed by atoms with Crippen LogP contribution >= 0.6 is 23.8 Å². The van der Waals surface area contributed by atoms with Crippen molar-refractivity contribution in [3.8, 4) is 5.88 Å². The lowest BCUT2D eigenvalue weighted by Gasteiger charge is -2.13. The fourth-order valence-electron chi connectivity index (χ4n) is 2.31. The molecule has 0 radical (unpaired) electrons. The molecule has 10 heteroatoms. The van der Waals surface area contributed by atoms with E-state index in [1.165, 1.54) is 9.13 Å². The first-order chi connectivity index (χ1) is 12.1. The molecule has 1 N–H and O–H groups in total. The second-order valence-electron chi connectivity index (χ2n) is 5.24. The molecule has 26 heavy (non-hydrogen) atoms. The predicted octanol–water partition coefficient (Wildman–Crippen LogP) is 4.55. The van der Waals surface area contributed by atoms with E-state index in [1.54, 1.807) is 13.8 Å². The third-order valence-electron chi connectivity index (χ3n) is 3.67. The van der Waals surface area contributed by atoms with Gasteiger partial charge in [-0.3, -0.25) is 18.9 Å². The number of aliphatic imine (C=N–C) groups is 1. The molecule has 0 bridgehead atoms. The molecule has 1 aromatic heterocycles. The Morgan fingerprint density at radius 3 is 2.38 bits per heavy atom. The van der Waals surface area contributed by atoms with Crippen LogP contribution in [0.4, 0.5) is 18.9 Å². The summed E-state index contributed by atoms with van der Waals surface area (Å²) >= 11 is 11.0. The highest BCUT2D eigenvalue weighted by atomic mass is 35.5. The molecule has 5 nitrogen and oxygen atoms in total. The van der Waals surface area contributed by atoms with Crippen LogP contribution in [0.15, 0.2) is 28.0 Å². The molecule has 0 unspecified atom stereocenters. The molecule has 2 rings (SSSR count). The normalized spacial score (nSPS) is 12.1. The molecule has 0 atom stereocenters. The summed E-state index contributed by atoms with van der Waals surface area (Å²) in [7, 11) is 0. The SMILES string of the molecule is CCn1c(O)c(C=Nc2ccc(C(F)(F)F)cc2Cl)c(=O)n(CC)c1=S. The van der Waals surface area contributed by atoms with Crippen LogP contribution in [0.2, 0.25) is 5.02 Å². The van der Waals surface area contributed by atoms with Crippen LogP contribution in [0, 0.1) is 4.77 Å². The van der Waals surface area contributed by atoms with Crippen molar-refractivity contribution in [2.45, 2.75) is 33.1 Å². The molecular formula is C16H15ClF3N3O2S. The second kappa shape index (κ2) is 7.63. The Hall–Kier alpha value is -2.13. The average molecular weight is 406 g/mol. The van der Waals surface area contributed by atoms with E-state index in [0.717, 1.165) is 24.4 Å². The van der Waals surface area contributed by atoms with Gasteiger partial charge >= 0.3 is 6.18 Å². The fraction of sp³-hybridized carbons (Fsp3) is 0.312. The highest BCUT2D eigenvalue weighted by molar-refractivity contribution is 7.71. The van der Waals surface area contributed by atoms with Crippen LogP contribution < -0.4 is 5.56 Å². The molecule has 2 aromatic rings. The molecular weight excluding hydrogens is 391 g/mol. The number of aromatic nitrogens is 2. The quantitative estimate of drug-likeness (QED) is 0.599. The second-order valence-corrected chi connectivity index (χ2v) is 6.01. The topological polar surface area (TPSA) is 59.5 Å². The van der Waals surface area contributed by atoms with Crippen molar-refractivity contribution < 1.29 is 18.3 Å². The van der Waals surface area contributed by atoms with Crippen LogP contribution in [0.25, 0.3) is 0 Å². The van der Waals surface area contributed by atoms with E-state index in [1.807, 2.05) is 0 Å². The van der Waals surface area contributed by atoms with E-state index in [4.69, 9.17) is 23.8 Å². The number of hydrogen-bond acceptors (Lipinski definition) is 4. The van der Waals surface area contributed by atoms with Gasteiger partial charge in [-0.05, 0) is 44.3 Å². The van der Waals surface area contributed by atoms with E-state index in [2.05, 4.69) is 4.99 Å². The molecule has 0 fully saturated rings. The third-order valence-corrected chi connectivity index (χ3v) is 4.42. The molecule has 1 heterocycles. The lowest BCUT2D eigenvalue weighted by molar-refractivity contribution is -0.137. The van der Waals surface area contributed by atoms with Gasteiger partial charge < -0.3 is 5.11 Å². The van der Waals surface area contributed by atoms with Gasteiger partial charge in [-0.15, -0.1) is 0 Å². The molecule has 0 amide bonds. The van der Waals surface area contributed by atoms with Gasteiger partial charge in [0.05, 0.1) is 16.3 Å². The van der Waals surface area contributed by atoms with Crippen LogP contribution in [-0.4, -0.2) is 20.5 Å². The molecule has 0 aliphatic rings. The molecule has 0 saturated heterocycles. The summed E-state index contributed by atoms with van der Waals surface area (Å²) in [5.41, 5.74) is -1.55. The summed E-state index contributed by atoms with van der Waals surface area (Å²) in [6.07, 6.45) is -3.45.